The molecule has 1 aromatic rings. The van der Waals surface area contributed by atoms with E-state index in [-0.39, 0.29) is 5.38 Å². The van der Waals surface area contributed by atoms with E-state index in [1.54, 1.807) is 0 Å². The molecule has 2 unspecified atom stereocenters. The van der Waals surface area contributed by atoms with Crippen molar-refractivity contribution in [1.29, 1.82) is 0 Å². The number of nitrogens with one attached hydrogen (secondary N) is 1. The number of halogens is 1. The average Bonchev–Trinajstić information content (AvgIpc) is 2.78. The van der Waals surface area contributed by atoms with Crippen LogP contribution in [0.1, 0.15) is 57.7 Å². The molecule has 1 rings (SSSR count). The molecule has 1 aromatic heterocycles. The van der Waals surface area contributed by atoms with Gasteiger partial charge in [0, 0.05) is 6.54 Å². The van der Waals surface area contributed by atoms with Crippen molar-refractivity contribution in [2.24, 2.45) is 5.92 Å². The number of alkyl halides is 1. The molecule has 17 heavy (non-hydrogen) atoms. The molecule has 0 radical (unpaired) electrons. The Hall–Kier alpha value is -0.770. The Balaban J connectivity index is 2.37. The zero-order chi connectivity index (χ0) is 12.7. The predicted octanol–water partition coefficient (Wildman–Crippen LogP) is 4.00. The molecule has 0 saturated heterocycles. The second kappa shape index (κ2) is 7.54. The highest BCUT2D eigenvalue weighted by atomic mass is 35.5. The van der Waals surface area contributed by atoms with Gasteiger partial charge in [-0.3, -0.25) is 0 Å². The van der Waals surface area contributed by atoms with Crippen molar-refractivity contribution in [3.8, 4) is 0 Å². The van der Waals surface area contributed by atoms with Crippen LogP contribution < -0.4 is 5.32 Å². The van der Waals surface area contributed by atoms with E-state index in [2.05, 4.69) is 29.4 Å². The van der Waals surface area contributed by atoms with Crippen LogP contribution in [-0.2, 0) is 0 Å². The fourth-order valence-corrected chi connectivity index (χ4v) is 1.73. The molecule has 1 heterocycles. The first kappa shape index (κ1) is 14.3. The Morgan fingerprint density at radius 3 is 2.65 bits per heavy atom. The molecule has 0 spiro atoms. The van der Waals surface area contributed by atoms with Crippen molar-refractivity contribution in [3.63, 3.8) is 0 Å². The standard InChI is InChI=1S/C12H22ClN3O/c1-4-6-7-10(5-2)8-14-12-16-15-11(17-12)9(3)13/h9-10H,4-8H2,1-3H3,(H,14,16). The minimum Gasteiger partial charge on any atom is -0.407 e. The predicted molar refractivity (Wildman–Crippen MR) is 70.4 cm³/mol. The van der Waals surface area contributed by atoms with Crippen LogP contribution in [-0.4, -0.2) is 16.7 Å². The van der Waals surface area contributed by atoms with Crippen molar-refractivity contribution in [2.45, 2.75) is 51.8 Å². The van der Waals surface area contributed by atoms with Crippen LogP contribution in [0.5, 0.6) is 0 Å². The summed E-state index contributed by atoms with van der Waals surface area (Å²) in [7, 11) is 0. The summed E-state index contributed by atoms with van der Waals surface area (Å²) in [5.74, 6) is 1.13. The minimum atomic E-state index is -0.236. The van der Waals surface area contributed by atoms with Gasteiger partial charge in [-0.25, -0.2) is 0 Å². The SMILES string of the molecule is CCCCC(CC)CNc1nnc(C(C)Cl)o1. The van der Waals surface area contributed by atoms with Gasteiger partial charge in [0.2, 0.25) is 5.89 Å². The number of rotatable bonds is 8. The summed E-state index contributed by atoms with van der Waals surface area (Å²) in [6.45, 7) is 7.12. The third kappa shape index (κ3) is 4.94. The van der Waals surface area contributed by atoms with Crippen LogP contribution in [0.2, 0.25) is 0 Å². The summed E-state index contributed by atoms with van der Waals surface area (Å²) in [5, 5.41) is 10.7. The zero-order valence-electron chi connectivity index (χ0n) is 10.9. The van der Waals surface area contributed by atoms with Gasteiger partial charge in [-0.05, 0) is 19.3 Å². The summed E-state index contributed by atoms with van der Waals surface area (Å²) in [5.41, 5.74) is 0. The van der Waals surface area contributed by atoms with Gasteiger partial charge in [-0.1, -0.05) is 38.2 Å². The highest BCUT2D eigenvalue weighted by molar-refractivity contribution is 6.20. The monoisotopic (exact) mass is 259 g/mol. The van der Waals surface area contributed by atoms with Gasteiger partial charge in [0.05, 0.1) is 0 Å². The van der Waals surface area contributed by atoms with Crippen molar-refractivity contribution in [3.05, 3.63) is 5.89 Å². The van der Waals surface area contributed by atoms with Gasteiger partial charge in [-0.2, -0.15) is 0 Å². The van der Waals surface area contributed by atoms with E-state index >= 15 is 0 Å². The van der Waals surface area contributed by atoms with Crippen LogP contribution in [0.15, 0.2) is 4.42 Å². The lowest BCUT2D eigenvalue weighted by molar-refractivity contribution is 0.457. The number of anilines is 1. The summed E-state index contributed by atoms with van der Waals surface area (Å²) in [6, 6.07) is 0.474. The summed E-state index contributed by atoms with van der Waals surface area (Å²) < 4.78 is 5.38. The van der Waals surface area contributed by atoms with Gasteiger partial charge >= 0.3 is 6.01 Å². The number of hydrogen-bond donors (Lipinski definition) is 1. The third-order valence-electron chi connectivity index (χ3n) is 2.87. The van der Waals surface area contributed by atoms with Gasteiger partial charge in [0.1, 0.15) is 5.38 Å². The summed E-state index contributed by atoms with van der Waals surface area (Å²) in [6.07, 6.45) is 4.92. The smallest absolute Gasteiger partial charge is 0.315 e. The van der Waals surface area contributed by atoms with E-state index < -0.39 is 0 Å². The van der Waals surface area contributed by atoms with Crippen molar-refractivity contribution < 1.29 is 4.42 Å². The third-order valence-corrected chi connectivity index (χ3v) is 3.05. The fraction of sp³-hybridized carbons (Fsp3) is 0.833. The first-order valence-corrected chi connectivity index (χ1v) is 6.82. The van der Waals surface area contributed by atoms with Crippen molar-refractivity contribution in [1.82, 2.24) is 10.2 Å². The Labute approximate surface area is 108 Å². The van der Waals surface area contributed by atoms with Gasteiger partial charge in [-0.15, -0.1) is 16.7 Å². The quantitative estimate of drug-likeness (QED) is 0.717. The highest BCUT2D eigenvalue weighted by Crippen LogP contribution is 2.20. The lowest BCUT2D eigenvalue weighted by atomic mass is 10.00. The van der Waals surface area contributed by atoms with Crippen LogP contribution in [0.3, 0.4) is 0 Å². The minimum absolute atomic E-state index is 0.236. The molecular formula is C12H22ClN3O. The van der Waals surface area contributed by atoms with E-state index in [1.807, 2.05) is 6.92 Å². The highest BCUT2D eigenvalue weighted by Gasteiger charge is 2.12. The average molecular weight is 260 g/mol. The Kier molecular flexibility index (Phi) is 6.34. The second-order valence-corrected chi connectivity index (χ2v) is 5.01. The normalized spacial score (nSPS) is 14.6. The number of aromatic nitrogens is 2. The number of nitrogens with zero attached hydrogens (tertiary/aromatic N) is 2. The molecule has 1 N–H and O–H groups in total. The maximum absolute atomic E-state index is 5.85. The van der Waals surface area contributed by atoms with Crippen LogP contribution >= 0.6 is 11.6 Å². The van der Waals surface area contributed by atoms with E-state index in [4.69, 9.17) is 16.0 Å². The molecule has 0 fully saturated rings. The molecular weight excluding hydrogens is 238 g/mol. The molecule has 0 aliphatic heterocycles. The Morgan fingerprint density at radius 1 is 1.35 bits per heavy atom. The van der Waals surface area contributed by atoms with Gasteiger partial charge < -0.3 is 9.73 Å². The van der Waals surface area contributed by atoms with Gasteiger partial charge in [0.15, 0.2) is 0 Å². The van der Waals surface area contributed by atoms with Crippen LogP contribution in [0, 0.1) is 5.92 Å². The van der Waals surface area contributed by atoms with E-state index in [0.29, 0.717) is 17.8 Å². The number of unbranched alkanes of at least 4 members (excludes halogenated alkanes) is 1. The molecule has 4 nitrogen and oxygen atoms in total. The van der Waals surface area contributed by atoms with E-state index in [9.17, 15) is 0 Å². The lowest BCUT2D eigenvalue weighted by Gasteiger charge is -2.13. The lowest BCUT2D eigenvalue weighted by Crippen LogP contribution is -2.13. The topological polar surface area (TPSA) is 51.0 Å². The molecule has 5 heteroatoms. The van der Waals surface area contributed by atoms with Gasteiger partial charge in [0.25, 0.3) is 0 Å². The molecule has 0 aliphatic rings. The first-order chi connectivity index (χ1) is 8.17. The molecule has 0 aromatic carbocycles. The van der Waals surface area contributed by atoms with E-state index in [0.717, 1.165) is 6.54 Å². The van der Waals surface area contributed by atoms with Crippen molar-refractivity contribution >= 4 is 17.6 Å². The first-order valence-electron chi connectivity index (χ1n) is 6.38. The largest absolute Gasteiger partial charge is 0.407 e. The van der Waals surface area contributed by atoms with E-state index in [1.165, 1.54) is 25.7 Å². The molecule has 2 atom stereocenters. The molecule has 98 valence electrons. The van der Waals surface area contributed by atoms with Crippen molar-refractivity contribution in [2.75, 3.05) is 11.9 Å². The molecule has 0 bridgehead atoms. The second-order valence-electron chi connectivity index (χ2n) is 4.36. The maximum atomic E-state index is 5.85. The molecule has 0 amide bonds. The molecule has 0 saturated carbocycles. The summed E-state index contributed by atoms with van der Waals surface area (Å²) in [4.78, 5) is 0. The summed E-state index contributed by atoms with van der Waals surface area (Å²) >= 11 is 5.85. The number of hydrogen-bond acceptors (Lipinski definition) is 4. The Morgan fingerprint density at radius 2 is 2.12 bits per heavy atom. The zero-order valence-corrected chi connectivity index (χ0v) is 11.6. The Bertz CT molecular complexity index is 314. The fourth-order valence-electron chi connectivity index (χ4n) is 1.64. The van der Waals surface area contributed by atoms with Crippen LogP contribution in [0.25, 0.3) is 0 Å². The maximum Gasteiger partial charge on any atom is 0.315 e. The van der Waals surface area contributed by atoms with Crippen LogP contribution in [0.4, 0.5) is 6.01 Å². The molecule has 0 aliphatic carbocycles.